The van der Waals surface area contributed by atoms with Crippen LogP contribution in [0.4, 0.5) is 5.13 Å². The molecule has 0 radical (unpaired) electrons. The maximum Gasteiger partial charge on any atom is 0.257 e. The molecule has 8 heteroatoms. The third-order valence-electron chi connectivity index (χ3n) is 3.73. The summed E-state index contributed by atoms with van der Waals surface area (Å²) in [4.78, 5) is 16.3. The van der Waals surface area contributed by atoms with Crippen molar-refractivity contribution in [2.45, 2.75) is 11.4 Å². The molecule has 1 N–H and O–H groups in total. The summed E-state index contributed by atoms with van der Waals surface area (Å²) in [7, 11) is -2.11. The molecule has 0 aliphatic heterocycles. The van der Waals surface area contributed by atoms with Crippen LogP contribution in [0.3, 0.4) is 0 Å². The molecule has 0 aliphatic carbocycles. The number of hydrogen-bond acceptors (Lipinski definition) is 5. The Morgan fingerprint density at radius 1 is 1.12 bits per heavy atom. The molecule has 134 valence electrons. The monoisotopic (exact) mass is 387 g/mol. The molecule has 1 aromatic heterocycles. The molecule has 0 bridgehead atoms. The highest BCUT2D eigenvalue weighted by Gasteiger charge is 2.21. The zero-order chi connectivity index (χ0) is 18.6. The Labute approximate surface area is 156 Å². The van der Waals surface area contributed by atoms with Gasteiger partial charge < -0.3 is 0 Å². The van der Waals surface area contributed by atoms with E-state index in [1.54, 1.807) is 11.6 Å². The summed E-state index contributed by atoms with van der Waals surface area (Å²) in [6, 6.07) is 15.2. The lowest BCUT2D eigenvalue weighted by Gasteiger charge is -2.17. The van der Waals surface area contributed by atoms with E-state index in [4.69, 9.17) is 0 Å². The second-order valence-electron chi connectivity index (χ2n) is 5.56. The normalized spacial score (nSPS) is 11.5. The summed E-state index contributed by atoms with van der Waals surface area (Å²) < 4.78 is 26.7. The highest BCUT2D eigenvalue weighted by molar-refractivity contribution is 7.89. The van der Waals surface area contributed by atoms with Gasteiger partial charge in [0.15, 0.2) is 5.13 Å². The molecule has 0 fully saturated rings. The number of aromatic nitrogens is 1. The van der Waals surface area contributed by atoms with Crippen LogP contribution in [0.5, 0.6) is 0 Å². The predicted octanol–water partition coefficient (Wildman–Crippen LogP) is 3.22. The number of nitrogens with zero attached hydrogens (tertiary/aromatic N) is 2. The van der Waals surface area contributed by atoms with E-state index in [9.17, 15) is 13.2 Å². The Kier molecular flexibility index (Phi) is 5.46. The molecular weight excluding hydrogens is 370 g/mol. The lowest BCUT2D eigenvalue weighted by Crippen LogP contribution is -2.26. The van der Waals surface area contributed by atoms with Gasteiger partial charge in [-0.05, 0) is 29.8 Å². The second kappa shape index (κ2) is 7.77. The highest BCUT2D eigenvalue weighted by Crippen LogP contribution is 2.18. The van der Waals surface area contributed by atoms with E-state index in [1.807, 2.05) is 30.3 Å². The van der Waals surface area contributed by atoms with Gasteiger partial charge in [-0.2, -0.15) is 4.31 Å². The average Bonchev–Trinajstić information content (AvgIpc) is 3.15. The van der Waals surface area contributed by atoms with Crippen molar-refractivity contribution < 1.29 is 13.2 Å². The first-order chi connectivity index (χ1) is 12.5. The van der Waals surface area contributed by atoms with E-state index in [2.05, 4.69) is 10.3 Å². The maximum absolute atomic E-state index is 12.7. The van der Waals surface area contributed by atoms with E-state index in [0.29, 0.717) is 10.7 Å². The van der Waals surface area contributed by atoms with Gasteiger partial charge in [0.05, 0.1) is 4.90 Å². The third kappa shape index (κ3) is 4.16. The summed E-state index contributed by atoms with van der Waals surface area (Å²) >= 11 is 1.31. The summed E-state index contributed by atoms with van der Waals surface area (Å²) in [5.74, 6) is -0.332. The van der Waals surface area contributed by atoms with E-state index < -0.39 is 10.0 Å². The van der Waals surface area contributed by atoms with Gasteiger partial charge in [0.2, 0.25) is 10.0 Å². The molecule has 0 spiro atoms. The van der Waals surface area contributed by atoms with E-state index in [0.717, 1.165) is 5.56 Å². The Morgan fingerprint density at radius 2 is 1.81 bits per heavy atom. The number of rotatable bonds is 6. The van der Waals surface area contributed by atoms with Gasteiger partial charge >= 0.3 is 0 Å². The van der Waals surface area contributed by atoms with Crippen molar-refractivity contribution in [3.05, 3.63) is 77.3 Å². The van der Waals surface area contributed by atoms with Crippen LogP contribution < -0.4 is 5.32 Å². The molecule has 3 rings (SSSR count). The van der Waals surface area contributed by atoms with Crippen LogP contribution in [-0.2, 0) is 16.6 Å². The van der Waals surface area contributed by atoms with Crippen molar-refractivity contribution in [1.29, 1.82) is 0 Å². The van der Waals surface area contributed by atoms with Crippen molar-refractivity contribution in [2.24, 2.45) is 0 Å². The summed E-state index contributed by atoms with van der Waals surface area (Å²) in [5.41, 5.74) is 1.27. The molecular formula is C18H17N3O3S2. The fourth-order valence-electron chi connectivity index (χ4n) is 2.34. The second-order valence-corrected chi connectivity index (χ2v) is 8.50. The number of carbonyl (C=O) groups excluding carboxylic acids is 1. The SMILES string of the molecule is CN(Cc1ccccc1)S(=O)(=O)c1ccc(C(=O)Nc2nccs2)cc1. The molecule has 2 aromatic carbocycles. The average molecular weight is 387 g/mol. The minimum Gasteiger partial charge on any atom is -0.298 e. The fraction of sp³-hybridized carbons (Fsp3) is 0.111. The van der Waals surface area contributed by atoms with Crippen LogP contribution in [0.15, 0.2) is 71.1 Å². The molecule has 0 unspecified atom stereocenters. The van der Waals surface area contributed by atoms with Crippen LogP contribution in [-0.4, -0.2) is 30.7 Å². The summed E-state index contributed by atoms with van der Waals surface area (Å²) in [6.45, 7) is 0.273. The van der Waals surface area contributed by atoms with Crippen molar-refractivity contribution in [3.8, 4) is 0 Å². The molecule has 0 atom stereocenters. The van der Waals surface area contributed by atoms with Gasteiger partial charge in [0, 0.05) is 30.7 Å². The molecule has 0 saturated heterocycles. The Bertz CT molecular complexity index is 970. The molecule has 26 heavy (non-hydrogen) atoms. The van der Waals surface area contributed by atoms with Gasteiger partial charge in [-0.15, -0.1) is 11.3 Å². The Balaban J connectivity index is 1.73. The number of nitrogens with one attached hydrogen (secondary N) is 1. The first kappa shape index (κ1) is 18.2. The van der Waals surface area contributed by atoms with Crippen LogP contribution in [0.25, 0.3) is 0 Å². The molecule has 6 nitrogen and oxygen atoms in total. The lowest BCUT2D eigenvalue weighted by molar-refractivity contribution is 0.102. The van der Waals surface area contributed by atoms with Crippen molar-refractivity contribution in [1.82, 2.24) is 9.29 Å². The fourth-order valence-corrected chi connectivity index (χ4v) is 4.02. The van der Waals surface area contributed by atoms with Gasteiger partial charge in [-0.1, -0.05) is 30.3 Å². The van der Waals surface area contributed by atoms with Gasteiger partial charge in [-0.3, -0.25) is 10.1 Å². The molecule has 0 saturated carbocycles. The van der Waals surface area contributed by atoms with Crippen LogP contribution in [0.2, 0.25) is 0 Å². The Morgan fingerprint density at radius 3 is 2.42 bits per heavy atom. The van der Waals surface area contributed by atoms with Gasteiger partial charge in [0.25, 0.3) is 5.91 Å². The topological polar surface area (TPSA) is 79.4 Å². The van der Waals surface area contributed by atoms with Crippen molar-refractivity contribution in [2.75, 3.05) is 12.4 Å². The van der Waals surface area contributed by atoms with E-state index >= 15 is 0 Å². The van der Waals surface area contributed by atoms with Crippen LogP contribution in [0, 0.1) is 0 Å². The van der Waals surface area contributed by atoms with Gasteiger partial charge in [0.1, 0.15) is 0 Å². The van der Waals surface area contributed by atoms with E-state index in [1.165, 1.54) is 47.0 Å². The zero-order valence-electron chi connectivity index (χ0n) is 14.0. The number of thiazole rings is 1. The van der Waals surface area contributed by atoms with Crippen LogP contribution >= 0.6 is 11.3 Å². The largest absolute Gasteiger partial charge is 0.298 e. The molecule has 1 heterocycles. The van der Waals surface area contributed by atoms with Crippen molar-refractivity contribution >= 4 is 32.4 Å². The smallest absolute Gasteiger partial charge is 0.257 e. The quantitative estimate of drug-likeness (QED) is 0.704. The molecule has 1 amide bonds. The standard InChI is InChI=1S/C18H17N3O3S2/c1-21(13-14-5-3-2-4-6-14)26(23,24)16-9-7-15(8-10-16)17(22)20-18-19-11-12-25-18/h2-12H,13H2,1H3,(H,19,20,22). The third-order valence-corrected chi connectivity index (χ3v) is 6.23. The number of hydrogen-bond donors (Lipinski definition) is 1. The van der Waals surface area contributed by atoms with Crippen molar-refractivity contribution in [3.63, 3.8) is 0 Å². The minimum absolute atomic E-state index is 0.140. The van der Waals surface area contributed by atoms with Crippen LogP contribution in [0.1, 0.15) is 15.9 Å². The zero-order valence-corrected chi connectivity index (χ0v) is 15.6. The molecule has 3 aromatic rings. The van der Waals surface area contributed by atoms with Gasteiger partial charge in [-0.25, -0.2) is 13.4 Å². The number of benzene rings is 2. The minimum atomic E-state index is -3.64. The predicted molar refractivity (Wildman–Crippen MR) is 102 cm³/mol. The first-order valence-corrected chi connectivity index (χ1v) is 10.1. The lowest BCUT2D eigenvalue weighted by atomic mass is 10.2. The molecule has 0 aliphatic rings. The highest BCUT2D eigenvalue weighted by atomic mass is 32.2. The number of anilines is 1. The first-order valence-electron chi connectivity index (χ1n) is 7.78. The number of amides is 1. The number of carbonyl (C=O) groups is 1. The summed E-state index contributed by atoms with van der Waals surface area (Å²) in [5, 5.41) is 4.91. The maximum atomic E-state index is 12.7. The summed E-state index contributed by atoms with van der Waals surface area (Å²) in [6.07, 6.45) is 1.60. The van der Waals surface area contributed by atoms with E-state index in [-0.39, 0.29) is 17.3 Å². The number of sulfonamides is 1. The Hall–Kier alpha value is -2.55.